The Hall–Kier alpha value is -3.19. The van der Waals surface area contributed by atoms with Crippen LogP contribution in [0.2, 0.25) is 0 Å². The van der Waals surface area contributed by atoms with E-state index in [0.717, 1.165) is 16.8 Å². The number of carbonyl (C=O) groups is 2. The molecule has 0 aliphatic rings. The molecule has 158 valence electrons. The summed E-state index contributed by atoms with van der Waals surface area (Å²) >= 11 is 0. The highest BCUT2D eigenvalue weighted by Crippen LogP contribution is 2.30. The summed E-state index contributed by atoms with van der Waals surface area (Å²) in [5.74, 6) is -0.207. The number of aromatic nitrogens is 2. The maximum Gasteiger partial charge on any atom is 0.257 e. The van der Waals surface area contributed by atoms with E-state index < -0.39 is 0 Å². The van der Waals surface area contributed by atoms with Crippen molar-refractivity contribution < 1.29 is 9.59 Å². The molecule has 0 unspecified atom stereocenters. The number of fused-ring (bicyclic) bond motifs is 1. The van der Waals surface area contributed by atoms with E-state index in [0.29, 0.717) is 35.7 Å². The molecule has 0 radical (unpaired) electrons. The molecule has 0 aliphatic heterocycles. The molecular formula is C22H26ClN5O2. The number of rotatable bonds is 6. The summed E-state index contributed by atoms with van der Waals surface area (Å²) < 4.78 is 0. The molecule has 3 rings (SSSR count). The number of nitrogens with one attached hydrogen (secondary N) is 2. The standard InChI is InChI=1S/C22H25N5O2.ClH/c1-5-27(6-2)22(29)19-13-23-21-18(12-7-14(3)24-21)20(19)26-17-10-8-16(9-11-17)25-15(4)28;/h7-13H,5-6H2,1-4H3,(H,25,28)(H,23,24,26);1H. The molecular weight excluding hydrogens is 402 g/mol. The summed E-state index contributed by atoms with van der Waals surface area (Å²) in [7, 11) is 0. The molecule has 0 saturated carbocycles. The van der Waals surface area contributed by atoms with Crippen LogP contribution in [0.5, 0.6) is 0 Å². The summed E-state index contributed by atoms with van der Waals surface area (Å²) in [6.07, 6.45) is 1.59. The first-order chi connectivity index (χ1) is 13.9. The SMILES string of the molecule is CCN(CC)C(=O)c1cnc2nc(C)ccc2c1Nc1ccc(NC(C)=O)cc1.Cl. The number of hydrogen-bond donors (Lipinski definition) is 2. The van der Waals surface area contributed by atoms with Gasteiger partial charge in [0, 0.05) is 48.7 Å². The van der Waals surface area contributed by atoms with E-state index in [1.165, 1.54) is 6.92 Å². The lowest BCUT2D eigenvalue weighted by molar-refractivity contribution is -0.114. The van der Waals surface area contributed by atoms with Crippen LogP contribution in [0, 0.1) is 6.92 Å². The third kappa shape index (κ3) is 5.04. The van der Waals surface area contributed by atoms with Crippen molar-refractivity contribution >= 4 is 52.3 Å². The van der Waals surface area contributed by atoms with Crippen molar-refractivity contribution in [2.45, 2.75) is 27.7 Å². The van der Waals surface area contributed by atoms with E-state index in [1.54, 1.807) is 23.2 Å². The van der Waals surface area contributed by atoms with Crippen molar-refractivity contribution in [3.63, 3.8) is 0 Å². The first-order valence-electron chi connectivity index (χ1n) is 9.63. The number of amides is 2. The molecule has 7 nitrogen and oxygen atoms in total. The molecule has 0 saturated heterocycles. The van der Waals surface area contributed by atoms with Crippen LogP contribution >= 0.6 is 12.4 Å². The monoisotopic (exact) mass is 427 g/mol. The predicted molar refractivity (Wildman–Crippen MR) is 123 cm³/mol. The Labute approximate surface area is 182 Å². The van der Waals surface area contributed by atoms with E-state index in [1.807, 2.05) is 45.0 Å². The van der Waals surface area contributed by atoms with Crippen LogP contribution < -0.4 is 10.6 Å². The number of carbonyl (C=O) groups excluding carboxylic acids is 2. The first-order valence-corrected chi connectivity index (χ1v) is 9.63. The van der Waals surface area contributed by atoms with E-state index >= 15 is 0 Å². The van der Waals surface area contributed by atoms with Gasteiger partial charge in [0.1, 0.15) is 0 Å². The lowest BCUT2D eigenvalue weighted by Crippen LogP contribution is -2.31. The number of pyridine rings is 2. The number of benzene rings is 1. The van der Waals surface area contributed by atoms with E-state index in [4.69, 9.17) is 0 Å². The zero-order valence-electron chi connectivity index (χ0n) is 17.5. The third-order valence-electron chi connectivity index (χ3n) is 4.62. The molecule has 0 spiro atoms. The number of aryl methyl sites for hydroxylation is 1. The van der Waals surface area contributed by atoms with Gasteiger partial charge in [0.2, 0.25) is 5.91 Å². The second-order valence-electron chi connectivity index (χ2n) is 6.73. The predicted octanol–water partition coefficient (Wildman–Crippen LogP) is 4.54. The van der Waals surface area contributed by atoms with Crippen LogP contribution in [0.25, 0.3) is 11.0 Å². The fraction of sp³-hybridized carbons (Fsp3) is 0.273. The molecule has 8 heteroatoms. The average molecular weight is 428 g/mol. The van der Waals surface area contributed by atoms with Gasteiger partial charge in [-0.2, -0.15) is 0 Å². The lowest BCUT2D eigenvalue weighted by atomic mass is 10.1. The van der Waals surface area contributed by atoms with Gasteiger partial charge in [-0.1, -0.05) is 0 Å². The molecule has 1 aromatic carbocycles. The normalized spacial score (nSPS) is 10.3. The molecule has 2 amide bonds. The van der Waals surface area contributed by atoms with Crippen molar-refractivity contribution in [3.05, 3.63) is 53.9 Å². The Morgan fingerprint density at radius 3 is 2.23 bits per heavy atom. The Morgan fingerprint density at radius 1 is 1.00 bits per heavy atom. The molecule has 0 bridgehead atoms. The van der Waals surface area contributed by atoms with Crippen molar-refractivity contribution in [3.8, 4) is 0 Å². The first kappa shape index (κ1) is 23.1. The zero-order valence-corrected chi connectivity index (χ0v) is 18.3. The Morgan fingerprint density at radius 2 is 1.63 bits per heavy atom. The largest absolute Gasteiger partial charge is 0.354 e. The Balaban J connectivity index is 0.00000320. The van der Waals surface area contributed by atoms with Gasteiger partial charge in [-0.05, 0) is 57.2 Å². The maximum absolute atomic E-state index is 13.1. The highest BCUT2D eigenvalue weighted by molar-refractivity contribution is 6.07. The highest BCUT2D eigenvalue weighted by atomic mass is 35.5. The van der Waals surface area contributed by atoms with Gasteiger partial charge in [0.15, 0.2) is 5.65 Å². The molecule has 2 aromatic heterocycles. The molecule has 3 aromatic rings. The number of anilines is 3. The topological polar surface area (TPSA) is 87.2 Å². The van der Waals surface area contributed by atoms with Gasteiger partial charge in [0.05, 0.1) is 11.3 Å². The number of halogens is 1. The van der Waals surface area contributed by atoms with Gasteiger partial charge >= 0.3 is 0 Å². The Kier molecular flexibility index (Phi) is 7.72. The van der Waals surface area contributed by atoms with Crippen molar-refractivity contribution in [2.75, 3.05) is 23.7 Å². The van der Waals surface area contributed by atoms with Gasteiger partial charge in [-0.25, -0.2) is 9.97 Å². The molecule has 0 aliphatic carbocycles. The Bertz CT molecular complexity index is 1050. The minimum absolute atomic E-state index is 0. The quantitative estimate of drug-likeness (QED) is 0.602. The maximum atomic E-state index is 13.1. The number of nitrogens with zero attached hydrogens (tertiary/aromatic N) is 3. The van der Waals surface area contributed by atoms with Crippen LogP contribution in [0.4, 0.5) is 17.1 Å². The highest BCUT2D eigenvalue weighted by Gasteiger charge is 2.20. The van der Waals surface area contributed by atoms with Crippen molar-refractivity contribution in [2.24, 2.45) is 0 Å². The van der Waals surface area contributed by atoms with Gasteiger partial charge < -0.3 is 15.5 Å². The number of hydrogen-bond acceptors (Lipinski definition) is 5. The minimum atomic E-state index is -0.126. The van der Waals surface area contributed by atoms with Gasteiger partial charge in [-0.3, -0.25) is 9.59 Å². The van der Waals surface area contributed by atoms with E-state index in [-0.39, 0.29) is 24.2 Å². The minimum Gasteiger partial charge on any atom is -0.354 e. The zero-order chi connectivity index (χ0) is 21.0. The second kappa shape index (κ2) is 10.0. The average Bonchev–Trinajstić information content (AvgIpc) is 2.69. The van der Waals surface area contributed by atoms with Crippen LogP contribution in [0.3, 0.4) is 0 Å². The summed E-state index contributed by atoms with van der Waals surface area (Å²) in [5, 5.41) is 6.88. The molecule has 0 atom stereocenters. The second-order valence-corrected chi connectivity index (χ2v) is 6.73. The van der Waals surface area contributed by atoms with Crippen molar-refractivity contribution in [1.29, 1.82) is 0 Å². The van der Waals surface area contributed by atoms with Crippen molar-refractivity contribution in [1.82, 2.24) is 14.9 Å². The van der Waals surface area contributed by atoms with Crippen LogP contribution in [0.1, 0.15) is 36.8 Å². The summed E-state index contributed by atoms with van der Waals surface area (Å²) in [6, 6.07) is 11.1. The summed E-state index contributed by atoms with van der Waals surface area (Å²) in [5.41, 5.74) is 4.11. The molecule has 2 N–H and O–H groups in total. The fourth-order valence-electron chi connectivity index (χ4n) is 3.13. The van der Waals surface area contributed by atoms with Crippen LogP contribution in [-0.4, -0.2) is 39.8 Å². The smallest absolute Gasteiger partial charge is 0.257 e. The summed E-state index contributed by atoms with van der Waals surface area (Å²) in [4.78, 5) is 35.0. The third-order valence-corrected chi connectivity index (χ3v) is 4.62. The van der Waals surface area contributed by atoms with Crippen LogP contribution in [-0.2, 0) is 4.79 Å². The van der Waals surface area contributed by atoms with Crippen LogP contribution in [0.15, 0.2) is 42.6 Å². The molecule has 0 fully saturated rings. The van der Waals surface area contributed by atoms with Gasteiger partial charge in [0.25, 0.3) is 5.91 Å². The fourth-order valence-corrected chi connectivity index (χ4v) is 3.13. The van der Waals surface area contributed by atoms with E-state index in [2.05, 4.69) is 20.6 Å². The molecule has 30 heavy (non-hydrogen) atoms. The van der Waals surface area contributed by atoms with Gasteiger partial charge in [-0.15, -0.1) is 12.4 Å². The van der Waals surface area contributed by atoms with E-state index in [9.17, 15) is 9.59 Å². The lowest BCUT2D eigenvalue weighted by Gasteiger charge is -2.21. The molecule has 2 heterocycles. The summed E-state index contributed by atoms with van der Waals surface area (Å²) in [6.45, 7) is 8.51.